The van der Waals surface area contributed by atoms with Gasteiger partial charge in [-0.05, 0) is 33.1 Å². The van der Waals surface area contributed by atoms with Crippen molar-refractivity contribution in [2.24, 2.45) is 5.92 Å². The Morgan fingerprint density at radius 2 is 1.66 bits per heavy atom. The molecule has 0 spiro atoms. The molecule has 16 heteroatoms. The first-order valence-electron chi connectivity index (χ1n) is 11.4. The first kappa shape index (κ1) is 29.8. The first-order chi connectivity index (χ1) is 17.6. The van der Waals surface area contributed by atoms with Gasteiger partial charge in [0.2, 0.25) is 0 Å². The maximum absolute atomic E-state index is 10.6. The summed E-state index contributed by atoms with van der Waals surface area (Å²) in [5.41, 5.74) is 3.55. The first-order valence-corrected chi connectivity index (χ1v) is 12.3. The Morgan fingerprint density at radius 3 is 2.11 bits per heavy atom. The van der Waals surface area contributed by atoms with Crippen LogP contribution in [0.15, 0.2) is 9.90 Å². The van der Waals surface area contributed by atoms with Gasteiger partial charge >= 0.3 is 24.3 Å². The quantitative estimate of drug-likeness (QED) is 0.494. The molecule has 2 N–H and O–H groups in total. The largest absolute Gasteiger partial charge is 0.490 e. The van der Waals surface area contributed by atoms with Gasteiger partial charge in [-0.2, -0.15) is 26.3 Å². The van der Waals surface area contributed by atoms with Crippen molar-refractivity contribution in [1.82, 2.24) is 15.0 Å². The van der Waals surface area contributed by atoms with Crippen molar-refractivity contribution in [3.8, 4) is 0 Å². The number of aryl methyl sites for hydroxylation is 2. The number of ether oxygens (including phenoxy) is 1. The maximum Gasteiger partial charge on any atom is 0.490 e. The van der Waals surface area contributed by atoms with Gasteiger partial charge in [0.1, 0.15) is 16.9 Å². The van der Waals surface area contributed by atoms with Crippen LogP contribution in [0.5, 0.6) is 0 Å². The number of aliphatic carboxylic acids is 2. The van der Waals surface area contributed by atoms with Crippen molar-refractivity contribution in [3.05, 3.63) is 33.1 Å². The van der Waals surface area contributed by atoms with E-state index in [9.17, 15) is 26.3 Å². The van der Waals surface area contributed by atoms with E-state index >= 15 is 0 Å². The second-order valence-electron chi connectivity index (χ2n) is 9.15. The topological polar surface area (TPSA) is 126 Å². The highest BCUT2D eigenvalue weighted by atomic mass is 32.1. The number of aromatic nitrogens is 2. The van der Waals surface area contributed by atoms with E-state index in [-0.39, 0.29) is 6.10 Å². The summed E-state index contributed by atoms with van der Waals surface area (Å²) in [5.74, 6) is -3.20. The molecule has 5 rings (SSSR count). The number of carbonyl (C=O) groups is 2. The molecular formula is C22H25F6N3O6S. The van der Waals surface area contributed by atoms with Crippen LogP contribution in [0.4, 0.5) is 26.3 Å². The molecule has 3 atom stereocenters. The summed E-state index contributed by atoms with van der Waals surface area (Å²) >= 11 is 1.79. The van der Waals surface area contributed by atoms with E-state index in [0.29, 0.717) is 12.0 Å². The van der Waals surface area contributed by atoms with E-state index in [1.54, 1.807) is 11.3 Å². The van der Waals surface area contributed by atoms with Crippen molar-refractivity contribution >= 4 is 23.3 Å². The molecule has 1 saturated carbocycles. The Morgan fingerprint density at radius 1 is 1.08 bits per heavy atom. The standard InChI is InChI=1S/C18H23N3O2S.2C2HF3O2/c1-10-14(11(2)23-20-10)7-21-6-13-5-16(22-17(13)8-21)18-19-15(9-24-18)12-3-4-12;2*3-2(4,5)1(6)7/h9,12-13,16-17H,3-8H2,1-2H3;2*(H,6,7)/t13-,16-,17+;;/m0../s1. The number of alkyl halides is 6. The average molecular weight is 574 g/mol. The number of halogens is 6. The highest BCUT2D eigenvalue weighted by Crippen LogP contribution is 2.45. The number of likely N-dealkylation sites (tertiary alicyclic amines) is 1. The van der Waals surface area contributed by atoms with E-state index in [1.165, 1.54) is 29.1 Å². The van der Waals surface area contributed by atoms with Gasteiger partial charge in [-0.25, -0.2) is 14.6 Å². The summed E-state index contributed by atoms with van der Waals surface area (Å²) in [4.78, 5) is 25.1. The minimum Gasteiger partial charge on any atom is -0.475 e. The average Bonchev–Trinajstić information content (AvgIpc) is 3.09. The molecule has 9 nitrogen and oxygen atoms in total. The van der Waals surface area contributed by atoms with Crippen LogP contribution in [-0.2, 0) is 20.9 Å². The number of carboxylic acids is 2. The van der Waals surface area contributed by atoms with Crippen molar-refractivity contribution in [3.63, 3.8) is 0 Å². The highest BCUT2D eigenvalue weighted by Gasteiger charge is 2.44. The molecule has 0 aromatic carbocycles. The summed E-state index contributed by atoms with van der Waals surface area (Å²) in [6, 6.07) is 0. The predicted octanol–water partition coefficient (Wildman–Crippen LogP) is 4.85. The van der Waals surface area contributed by atoms with Gasteiger partial charge in [0.05, 0.1) is 17.5 Å². The fraction of sp³-hybridized carbons (Fsp3) is 0.636. The molecule has 3 aliphatic rings. The highest BCUT2D eigenvalue weighted by molar-refractivity contribution is 7.09. The van der Waals surface area contributed by atoms with Gasteiger partial charge in [0.15, 0.2) is 0 Å². The van der Waals surface area contributed by atoms with Crippen LogP contribution in [0.25, 0.3) is 0 Å². The minimum absolute atomic E-state index is 0.221. The van der Waals surface area contributed by atoms with Crippen molar-refractivity contribution < 1.29 is 55.4 Å². The number of nitrogens with zero attached hydrogens (tertiary/aromatic N) is 3. The summed E-state index contributed by atoms with van der Waals surface area (Å²) < 4.78 is 75.1. The Bertz CT molecular complexity index is 1070. The lowest BCUT2D eigenvalue weighted by Crippen LogP contribution is -2.24. The normalized spacial score (nSPS) is 23.2. The molecule has 0 amide bonds. The van der Waals surface area contributed by atoms with Crippen LogP contribution in [0.3, 0.4) is 0 Å². The molecular weight excluding hydrogens is 548 g/mol. The zero-order valence-corrected chi connectivity index (χ0v) is 21.0. The zero-order valence-electron chi connectivity index (χ0n) is 20.2. The van der Waals surface area contributed by atoms with E-state index < -0.39 is 24.3 Å². The Kier molecular flexibility index (Phi) is 9.08. The van der Waals surface area contributed by atoms with E-state index in [2.05, 4.69) is 15.4 Å². The lowest BCUT2D eigenvalue weighted by Gasteiger charge is -2.18. The van der Waals surface area contributed by atoms with Gasteiger partial charge in [-0.15, -0.1) is 11.3 Å². The third-order valence-corrected chi connectivity index (χ3v) is 7.13. The SMILES string of the molecule is Cc1noc(C)c1CN1C[C@@H]2C[C@@H](c3nc(C4CC4)cs3)O[C@@H]2C1.O=C(O)C(F)(F)F.O=C(O)C(F)(F)F. The van der Waals surface area contributed by atoms with E-state index in [4.69, 9.17) is 34.0 Å². The van der Waals surface area contributed by atoms with Gasteiger partial charge < -0.3 is 19.5 Å². The Hall–Kier alpha value is -2.72. The molecule has 4 heterocycles. The van der Waals surface area contributed by atoms with Crippen molar-refractivity contribution in [2.45, 2.75) is 70.1 Å². The lowest BCUT2D eigenvalue weighted by molar-refractivity contribution is -0.193. The smallest absolute Gasteiger partial charge is 0.475 e. The van der Waals surface area contributed by atoms with Gasteiger partial charge in [-0.3, -0.25) is 4.90 Å². The van der Waals surface area contributed by atoms with Crippen LogP contribution >= 0.6 is 11.3 Å². The van der Waals surface area contributed by atoms with Crippen LogP contribution in [-0.4, -0.2) is 68.7 Å². The van der Waals surface area contributed by atoms with Gasteiger partial charge in [0, 0.05) is 42.4 Å². The second-order valence-corrected chi connectivity index (χ2v) is 10.0. The molecule has 2 aliphatic heterocycles. The third kappa shape index (κ3) is 7.89. The number of hydrogen-bond donors (Lipinski definition) is 2. The number of rotatable bonds is 4. The van der Waals surface area contributed by atoms with Crippen LogP contribution in [0.2, 0.25) is 0 Å². The molecule has 2 saturated heterocycles. The fourth-order valence-corrected chi connectivity index (χ4v) is 5.05. The van der Waals surface area contributed by atoms with Crippen molar-refractivity contribution in [1.29, 1.82) is 0 Å². The third-order valence-electron chi connectivity index (χ3n) is 6.17. The minimum atomic E-state index is -5.08. The predicted molar refractivity (Wildman–Crippen MR) is 118 cm³/mol. The molecule has 2 aromatic heterocycles. The molecule has 212 valence electrons. The van der Waals surface area contributed by atoms with Crippen LogP contribution in [0.1, 0.15) is 59.0 Å². The molecule has 38 heavy (non-hydrogen) atoms. The number of carboxylic acid groups (broad SMARTS) is 2. The van der Waals surface area contributed by atoms with E-state index in [1.807, 2.05) is 13.8 Å². The van der Waals surface area contributed by atoms with E-state index in [0.717, 1.165) is 43.4 Å². The molecule has 3 fully saturated rings. The lowest BCUT2D eigenvalue weighted by atomic mass is 10.0. The van der Waals surface area contributed by atoms with Gasteiger partial charge in [0.25, 0.3) is 0 Å². The molecule has 2 aromatic rings. The number of hydrogen-bond acceptors (Lipinski definition) is 8. The number of fused-ring (bicyclic) bond motifs is 1. The molecule has 0 radical (unpaired) electrons. The summed E-state index contributed by atoms with van der Waals surface area (Å²) in [6.07, 6.45) is -5.85. The maximum atomic E-state index is 10.6. The summed E-state index contributed by atoms with van der Waals surface area (Å²) in [7, 11) is 0. The number of thiazole rings is 1. The molecule has 0 bridgehead atoms. The molecule has 1 aliphatic carbocycles. The van der Waals surface area contributed by atoms with Crippen molar-refractivity contribution in [2.75, 3.05) is 13.1 Å². The Balaban J connectivity index is 0.000000239. The van der Waals surface area contributed by atoms with Gasteiger partial charge in [-0.1, -0.05) is 5.16 Å². The summed E-state index contributed by atoms with van der Waals surface area (Å²) in [5, 5.41) is 21.8. The van der Waals surface area contributed by atoms with Crippen LogP contribution in [0, 0.1) is 19.8 Å². The zero-order chi connectivity index (χ0) is 28.4. The second kappa shape index (κ2) is 11.6. The van der Waals surface area contributed by atoms with Crippen LogP contribution < -0.4 is 0 Å². The Labute approximate surface area is 216 Å². The fourth-order valence-electron chi connectivity index (χ4n) is 4.10. The monoisotopic (exact) mass is 573 g/mol. The summed E-state index contributed by atoms with van der Waals surface area (Å²) in [6.45, 7) is 7.05. The molecule has 0 unspecified atom stereocenters.